The molecular weight excluding hydrogens is 499 g/mol. The number of ether oxygens (including phenoxy) is 1. The van der Waals surface area contributed by atoms with Crippen molar-refractivity contribution in [3.05, 3.63) is 42.2 Å². The van der Waals surface area contributed by atoms with Gasteiger partial charge in [-0.3, -0.25) is 14.5 Å². The Morgan fingerprint density at radius 2 is 2.07 bits per heavy atom. The van der Waals surface area contributed by atoms with Gasteiger partial charge in [0, 0.05) is 32.9 Å². The van der Waals surface area contributed by atoms with E-state index >= 15 is 0 Å². The fourth-order valence-electron chi connectivity index (χ4n) is 3.20. The average Bonchev–Trinajstić information content (AvgIpc) is 3.16. The largest absolute Gasteiger partial charge is 0.497 e. The molecule has 0 saturated carbocycles. The molecule has 0 spiro atoms. The zero-order valence-electron chi connectivity index (χ0n) is 17.5. The summed E-state index contributed by atoms with van der Waals surface area (Å²) >= 11 is 0. The van der Waals surface area contributed by atoms with Gasteiger partial charge in [-0.2, -0.15) is 5.10 Å². The molecule has 1 aliphatic rings. The van der Waals surface area contributed by atoms with E-state index in [0.717, 1.165) is 17.0 Å². The van der Waals surface area contributed by atoms with Gasteiger partial charge < -0.3 is 25.0 Å². The number of anilines is 1. The number of hydrogen-bond donors (Lipinski definition) is 2. The van der Waals surface area contributed by atoms with Crippen LogP contribution in [-0.4, -0.2) is 71.5 Å². The van der Waals surface area contributed by atoms with E-state index in [1.807, 2.05) is 49.3 Å². The van der Waals surface area contributed by atoms with Crippen LogP contribution in [0.25, 0.3) is 0 Å². The quantitative estimate of drug-likeness (QED) is 0.335. The van der Waals surface area contributed by atoms with Gasteiger partial charge in [0.15, 0.2) is 5.96 Å². The van der Waals surface area contributed by atoms with Gasteiger partial charge in [-0.25, -0.2) is 0 Å². The molecule has 1 aromatic carbocycles. The molecule has 0 bridgehead atoms. The van der Waals surface area contributed by atoms with Crippen LogP contribution in [-0.2, 0) is 11.8 Å². The van der Waals surface area contributed by atoms with Gasteiger partial charge in [0.05, 0.1) is 31.6 Å². The Balaban J connectivity index is 0.00000320. The Hall–Kier alpha value is -2.34. The van der Waals surface area contributed by atoms with Crippen LogP contribution in [0.5, 0.6) is 5.75 Å². The molecule has 2 heterocycles. The normalized spacial score (nSPS) is 15.6. The highest BCUT2D eigenvalue weighted by molar-refractivity contribution is 14.0. The van der Waals surface area contributed by atoms with Crippen molar-refractivity contribution in [2.45, 2.75) is 13.0 Å². The van der Waals surface area contributed by atoms with Gasteiger partial charge in [-0.05, 0) is 24.6 Å². The number of guanidine groups is 1. The Morgan fingerprint density at radius 3 is 2.63 bits per heavy atom. The minimum Gasteiger partial charge on any atom is -0.497 e. The monoisotopic (exact) mass is 528 g/mol. The molecule has 3 rings (SSSR count). The Morgan fingerprint density at radius 1 is 1.33 bits per heavy atom. The molecule has 1 saturated heterocycles. The number of aliphatic imine (C=N–C) groups is 1. The number of aromatic nitrogens is 2. The van der Waals surface area contributed by atoms with Crippen molar-refractivity contribution >= 4 is 41.5 Å². The number of rotatable bonds is 6. The molecule has 1 atom stereocenters. The molecule has 10 heteroatoms. The molecule has 1 aliphatic heterocycles. The Kier molecular flexibility index (Phi) is 8.90. The maximum absolute atomic E-state index is 12.6. The number of amides is 1. The Labute approximate surface area is 193 Å². The fourth-order valence-corrected chi connectivity index (χ4v) is 3.20. The highest BCUT2D eigenvalue weighted by atomic mass is 127. The van der Waals surface area contributed by atoms with Crippen molar-refractivity contribution in [2.24, 2.45) is 12.0 Å². The molecule has 164 valence electrons. The van der Waals surface area contributed by atoms with Crippen molar-refractivity contribution in [1.82, 2.24) is 20.0 Å². The highest BCUT2D eigenvalue weighted by Crippen LogP contribution is 2.19. The van der Waals surface area contributed by atoms with Crippen molar-refractivity contribution in [1.29, 1.82) is 0 Å². The number of carbonyl (C=O) groups is 1. The summed E-state index contributed by atoms with van der Waals surface area (Å²) in [4.78, 5) is 20.9. The zero-order valence-corrected chi connectivity index (χ0v) is 19.8. The predicted molar refractivity (Wildman–Crippen MR) is 126 cm³/mol. The standard InChI is InChI=1S/C20H28N6O3.HI/c1-4-21-20(22-12-18(27)15-5-7-17(29-3)8-6-15)25-9-10-26(19(28)14-25)16-11-23-24(2)13-16;/h5-8,11,13,18,27H,4,9-10,12,14H2,1-3H3,(H,21,22);1H. The molecule has 30 heavy (non-hydrogen) atoms. The second kappa shape index (κ2) is 11.2. The van der Waals surface area contributed by atoms with E-state index < -0.39 is 6.10 Å². The van der Waals surface area contributed by atoms with Crippen LogP contribution in [0, 0.1) is 0 Å². The summed E-state index contributed by atoms with van der Waals surface area (Å²) in [6, 6.07) is 7.26. The van der Waals surface area contributed by atoms with E-state index in [9.17, 15) is 9.90 Å². The second-order valence-corrected chi connectivity index (χ2v) is 6.82. The first kappa shape index (κ1) is 23.9. The van der Waals surface area contributed by atoms with E-state index in [4.69, 9.17) is 4.74 Å². The fraction of sp³-hybridized carbons (Fsp3) is 0.450. The van der Waals surface area contributed by atoms with Crippen molar-refractivity contribution < 1.29 is 14.6 Å². The third kappa shape index (κ3) is 5.85. The number of benzene rings is 1. The third-order valence-electron chi connectivity index (χ3n) is 4.77. The summed E-state index contributed by atoms with van der Waals surface area (Å²) in [6.45, 7) is 4.27. The number of nitrogens with zero attached hydrogens (tertiary/aromatic N) is 5. The van der Waals surface area contributed by atoms with Gasteiger partial charge in [0.1, 0.15) is 12.3 Å². The van der Waals surface area contributed by atoms with Crippen LogP contribution < -0.4 is 15.0 Å². The molecule has 1 amide bonds. The molecule has 9 nitrogen and oxygen atoms in total. The van der Waals surface area contributed by atoms with Crippen LogP contribution >= 0.6 is 24.0 Å². The van der Waals surface area contributed by atoms with E-state index in [2.05, 4.69) is 15.4 Å². The van der Waals surface area contributed by atoms with Gasteiger partial charge >= 0.3 is 0 Å². The van der Waals surface area contributed by atoms with Gasteiger partial charge in [-0.15, -0.1) is 24.0 Å². The lowest BCUT2D eigenvalue weighted by Crippen LogP contribution is -2.55. The smallest absolute Gasteiger partial charge is 0.246 e. The molecule has 2 N–H and O–H groups in total. The molecular formula is C20H29IN6O3. The predicted octanol–water partition coefficient (Wildman–Crippen LogP) is 1.39. The summed E-state index contributed by atoms with van der Waals surface area (Å²) in [6.07, 6.45) is 2.79. The number of nitrogens with one attached hydrogen (secondary N) is 1. The number of hydrogen-bond acceptors (Lipinski definition) is 5. The lowest BCUT2D eigenvalue weighted by atomic mass is 10.1. The molecule has 0 aliphatic carbocycles. The van der Waals surface area contributed by atoms with Crippen LogP contribution in [0.3, 0.4) is 0 Å². The minimum absolute atomic E-state index is 0. The lowest BCUT2D eigenvalue weighted by molar-refractivity contribution is -0.120. The third-order valence-corrected chi connectivity index (χ3v) is 4.77. The van der Waals surface area contributed by atoms with Gasteiger partial charge in [0.2, 0.25) is 5.91 Å². The van der Waals surface area contributed by atoms with Gasteiger partial charge in [-0.1, -0.05) is 12.1 Å². The number of aliphatic hydroxyl groups is 1. The zero-order chi connectivity index (χ0) is 20.8. The SMILES string of the molecule is CCNC(=NCC(O)c1ccc(OC)cc1)N1CCN(c2cnn(C)c2)C(=O)C1.I. The number of carbonyl (C=O) groups excluding carboxylic acids is 1. The van der Waals surface area contributed by atoms with E-state index in [1.54, 1.807) is 22.9 Å². The van der Waals surface area contributed by atoms with Crippen LogP contribution in [0.2, 0.25) is 0 Å². The first-order chi connectivity index (χ1) is 14.0. The number of halogens is 1. The number of piperazine rings is 1. The molecule has 1 fully saturated rings. The van der Waals surface area contributed by atoms with Crippen molar-refractivity contribution in [2.75, 3.05) is 44.7 Å². The van der Waals surface area contributed by atoms with Crippen LogP contribution in [0.4, 0.5) is 5.69 Å². The summed E-state index contributed by atoms with van der Waals surface area (Å²) in [5, 5.41) is 17.8. The number of aliphatic hydroxyl groups excluding tert-OH is 1. The number of methoxy groups -OCH3 is 1. The molecule has 0 radical (unpaired) electrons. The first-order valence-electron chi connectivity index (χ1n) is 9.66. The summed E-state index contributed by atoms with van der Waals surface area (Å²) in [5.74, 6) is 1.35. The van der Waals surface area contributed by atoms with E-state index in [1.165, 1.54) is 0 Å². The summed E-state index contributed by atoms with van der Waals surface area (Å²) in [7, 11) is 3.43. The maximum Gasteiger partial charge on any atom is 0.246 e. The van der Waals surface area contributed by atoms with Crippen molar-refractivity contribution in [3.8, 4) is 5.75 Å². The number of aryl methyl sites for hydroxylation is 1. The van der Waals surface area contributed by atoms with E-state index in [-0.39, 0.29) is 43.0 Å². The first-order valence-corrected chi connectivity index (χ1v) is 9.66. The van der Waals surface area contributed by atoms with E-state index in [0.29, 0.717) is 25.6 Å². The molecule has 1 aromatic heterocycles. The van der Waals surface area contributed by atoms with Gasteiger partial charge in [0.25, 0.3) is 0 Å². The minimum atomic E-state index is -0.734. The van der Waals surface area contributed by atoms with Crippen molar-refractivity contribution in [3.63, 3.8) is 0 Å². The highest BCUT2D eigenvalue weighted by Gasteiger charge is 2.27. The Bertz CT molecular complexity index is 854. The average molecular weight is 528 g/mol. The topological polar surface area (TPSA) is 95.2 Å². The lowest BCUT2D eigenvalue weighted by Gasteiger charge is -2.35. The summed E-state index contributed by atoms with van der Waals surface area (Å²) in [5.41, 5.74) is 1.57. The maximum atomic E-state index is 12.6. The second-order valence-electron chi connectivity index (χ2n) is 6.82. The van der Waals surface area contributed by atoms with Crippen LogP contribution in [0.1, 0.15) is 18.6 Å². The van der Waals surface area contributed by atoms with Crippen LogP contribution in [0.15, 0.2) is 41.7 Å². The summed E-state index contributed by atoms with van der Waals surface area (Å²) < 4.78 is 6.83. The molecule has 2 aromatic rings. The molecule has 1 unspecified atom stereocenters.